The summed E-state index contributed by atoms with van der Waals surface area (Å²) in [6, 6.07) is 27.0. The van der Waals surface area contributed by atoms with Crippen molar-refractivity contribution in [2.24, 2.45) is 11.8 Å². The first-order valence-corrected chi connectivity index (χ1v) is 18.0. The number of alkyl carbamates (subject to hydrolysis) is 1. The Bertz CT molecular complexity index is 1370. The van der Waals surface area contributed by atoms with Gasteiger partial charge in [0.05, 0.1) is 25.4 Å². The molecule has 0 heterocycles. The van der Waals surface area contributed by atoms with Crippen LogP contribution in [0.15, 0.2) is 91.0 Å². The maximum atomic E-state index is 14.4. The third kappa shape index (κ3) is 11.1. The first-order valence-electron chi connectivity index (χ1n) is 16.0. The van der Waals surface area contributed by atoms with E-state index in [0.29, 0.717) is 11.8 Å². The zero-order chi connectivity index (χ0) is 32.1. The Morgan fingerprint density at radius 1 is 0.867 bits per heavy atom. The van der Waals surface area contributed by atoms with Crippen LogP contribution in [0, 0.1) is 11.8 Å². The van der Waals surface area contributed by atoms with Gasteiger partial charge in [0.25, 0.3) is 0 Å². The van der Waals surface area contributed by atoms with Gasteiger partial charge in [0.15, 0.2) is 0 Å². The summed E-state index contributed by atoms with van der Waals surface area (Å²) < 4.78 is 25.9. The molecule has 1 saturated carbocycles. The molecule has 0 radical (unpaired) electrons. The lowest BCUT2D eigenvalue weighted by molar-refractivity contribution is -0.121. The number of amides is 2. The Morgan fingerprint density at radius 2 is 1.42 bits per heavy atom. The minimum Gasteiger partial charge on any atom is -0.445 e. The van der Waals surface area contributed by atoms with Crippen molar-refractivity contribution >= 4 is 25.1 Å². The van der Waals surface area contributed by atoms with E-state index in [4.69, 9.17) is 9.26 Å². The van der Waals surface area contributed by atoms with Gasteiger partial charge in [-0.3, -0.25) is 9.36 Å². The molecule has 3 aromatic rings. The number of rotatable bonds is 15. The van der Waals surface area contributed by atoms with Crippen LogP contribution in [0.25, 0.3) is 0 Å². The summed E-state index contributed by atoms with van der Waals surface area (Å²) in [6.45, 7) is 3.86. The number of carbonyl (C=O) groups excluding carboxylic acids is 2. The monoisotopic (exact) mass is 634 g/mol. The third-order valence-corrected chi connectivity index (χ3v) is 10.9. The number of hydrogen-bond donors (Lipinski definition) is 2. The van der Waals surface area contributed by atoms with E-state index in [0.717, 1.165) is 36.8 Å². The Kier molecular flexibility index (Phi) is 13.2. The van der Waals surface area contributed by atoms with E-state index in [1.54, 1.807) is 12.1 Å². The van der Waals surface area contributed by atoms with Crippen molar-refractivity contribution in [1.29, 1.82) is 0 Å². The molecule has 0 aromatic heterocycles. The molecule has 3 aromatic carbocycles. The van der Waals surface area contributed by atoms with Gasteiger partial charge >= 0.3 is 6.09 Å². The van der Waals surface area contributed by atoms with E-state index in [2.05, 4.69) is 5.32 Å². The van der Waals surface area contributed by atoms with Gasteiger partial charge in [0.2, 0.25) is 13.3 Å². The summed E-state index contributed by atoms with van der Waals surface area (Å²) in [5.41, 5.74) is 2.32. The minimum atomic E-state index is -3.27. The lowest BCUT2D eigenvalue weighted by atomic mass is 9.91. The number of anilines is 1. The van der Waals surface area contributed by atoms with Gasteiger partial charge in [-0.25, -0.2) is 4.79 Å². The number of ether oxygens (including phenoxy) is 1. The van der Waals surface area contributed by atoms with Gasteiger partial charge in [0, 0.05) is 11.8 Å². The number of nitrogens with zero attached hydrogens (tertiary/aromatic N) is 1. The molecular formula is C36H47N2O6P. The Morgan fingerprint density at radius 3 is 2.00 bits per heavy atom. The predicted octanol–water partition coefficient (Wildman–Crippen LogP) is 7.41. The first-order chi connectivity index (χ1) is 21.7. The second-order valence-electron chi connectivity index (χ2n) is 12.3. The number of aliphatic hydroxyl groups is 1. The van der Waals surface area contributed by atoms with Crippen molar-refractivity contribution < 1.29 is 28.5 Å². The quantitative estimate of drug-likeness (QED) is 0.169. The Labute approximate surface area is 267 Å². The number of nitrogens with one attached hydrogen (secondary N) is 1. The summed E-state index contributed by atoms with van der Waals surface area (Å²) in [5, 5.41) is 14.2. The van der Waals surface area contributed by atoms with Crippen LogP contribution in [0.4, 0.5) is 10.5 Å². The Hall–Kier alpha value is -3.45. The van der Waals surface area contributed by atoms with Crippen molar-refractivity contribution in [3.63, 3.8) is 0 Å². The number of benzene rings is 3. The van der Waals surface area contributed by atoms with E-state index < -0.39 is 25.6 Å². The fourth-order valence-corrected chi connectivity index (χ4v) is 8.46. The number of aliphatic hydroxyl groups excluding tert-OH is 1. The molecule has 0 saturated heterocycles. The van der Waals surface area contributed by atoms with E-state index in [1.165, 1.54) is 11.3 Å². The molecule has 1 fully saturated rings. The summed E-state index contributed by atoms with van der Waals surface area (Å²) >= 11 is 0. The second-order valence-corrected chi connectivity index (χ2v) is 14.9. The highest BCUT2D eigenvalue weighted by Crippen LogP contribution is 2.52. The van der Waals surface area contributed by atoms with Crippen molar-refractivity contribution in [2.45, 2.75) is 71.3 Å². The molecular weight excluding hydrogens is 587 g/mol. The fraction of sp³-hybridized carbons (Fsp3) is 0.444. The van der Waals surface area contributed by atoms with Crippen LogP contribution in [0.2, 0.25) is 0 Å². The maximum Gasteiger partial charge on any atom is 0.408 e. The minimum absolute atomic E-state index is 0.0637. The summed E-state index contributed by atoms with van der Waals surface area (Å²) in [7, 11) is -3.27. The molecule has 1 unspecified atom stereocenters. The van der Waals surface area contributed by atoms with Crippen molar-refractivity contribution in [2.75, 3.05) is 23.8 Å². The molecule has 8 nitrogen and oxygen atoms in total. The SMILES string of the molecule is CC(C)[C@H](NC(=O)OCc1ccccc1)C(=O)N(C[C@@H](O)CP(=O)(CC1CCCCC1)OCc1ccccc1)c1ccccc1. The normalized spacial score (nSPS) is 16.4. The van der Waals surface area contributed by atoms with Gasteiger partial charge in [-0.1, -0.05) is 112 Å². The van der Waals surface area contributed by atoms with E-state index in [9.17, 15) is 19.3 Å². The van der Waals surface area contributed by atoms with Gasteiger partial charge < -0.3 is 24.6 Å². The van der Waals surface area contributed by atoms with Crippen LogP contribution in [0.5, 0.6) is 0 Å². The maximum absolute atomic E-state index is 14.4. The summed E-state index contributed by atoms with van der Waals surface area (Å²) in [6.07, 6.45) is 3.96. The summed E-state index contributed by atoms with van der Waals surface area (Å²) in [5.74, 6) is -0.369. The molecule has 0 spiro atoms. The molecule has 2 N–H and O–H groups in total. The lowest BCUT2D eigenvalue weighted by Gasteiger charge is -2.33. The molecule has 0 aliphatic heterocycles. The zero-order valence-electron chi connectivity index (χ0n) is 26.4. The number of hydrogen-bond acceptors (Lipinski definition) is 6. The van der Waals surface area contributed by atoms with Crippen LogP contribution in [0.3, 0.4) is 0 Å². The molecule has 45 heavy (non-hydrogen) atoms. The first kappa shape index (κ1) is 34.4. The molecule has 242 valence electrons. The third-order valence-electron chi connectivity index (χ3n) is 8.21. The molecule has 2 amide bonds. The van der Waals surface area contributed by atoms with E-state index in [1.807, 2.05) is 92.7 Å². The van der Waals surface area contributed by atoms with Crippen LogP contribution in [-0.4, -0.2) is 48.1 Å². The van der Waals surface area contributed by atoms with Crippen molar-refractivity contribution in [1.82, 2.24) is 5.32 Å². The van der Waals surface area contributed by atoms with Gasteiger partial charge in [0.1, 0.15) is 12.6 Å². The second kappa shape index (κ2) is 17.3. The topological polar surface area (TPSA) is 105 Å². The number of carbonyl (C=O) groups is 2. The zero-order valence-corrected chi connectivity index (χ0v) is 27.3. The molecule has 4 rings (SSSR count). The number of para-hydroxylation sites is 1. The molecule has 9 heteroatoms. The largest absolute Gasteiger partial charge is 0.445 e. The van der Waals surface area contributed by atoms with Gasteiger partial charge in [-0.15, -0.1) is 0 Å². The fourth-order valence-electron chi connectivity index (χ4n) is 5.80. The molecule has 1 aliphatic rings. The van der Waals surface area contributed by atoms with Crippen LogP contribution >= 0.6 is 7.37 Å². The van der Waals surface area contributed by atoms with Gasteiger partial charge in [-0.2, -0.15) is 0 Å². The average molecular weight is 635 g/mol. The smallest absolute Gasteiger partial charge is 0.408 e. The lowest BCUT2D eigenvalue weighted by Crippen LogP contribution is -2.53. The van der Waals surface area contributed by atoms with Gasteiger partial charge in [-0.05, 0) is 47.9 Å². The average Bonchev–Trinajstić information content (AvgIpc) is 3.05. The Balaban J connectivity index is 1.48. The van der Waals surface area contributed by atoms with Crippen LogP contribution in [0.1, 0.15) is 57.1 Å². The highest BCUT2D eigenvalue weighted by molar-refractivity contribution is 7.59. The van der Waals surface area contributed by atoms with Crippen LogP contribution in [-0.2, 0) is 31.8 Å². The van der Waals surface area contributed by atoms with Crippen LogP contribution < -0.4 is 10.2 Å². The molecule has 0 bridgehead atoms. The molecule has 1 aliphatic carbocycles. The van der Waals surface area contributed by atoms with Crippen molar-refractivity contribution in [3.8, 4) is 0 Å². The standard InChI is InChI=1S/C36H47N2O6P/c1-28(2)34(37-36(41)43-24-29-15-7-3-8-16-29)35(40)38(32-21-13-6-14-22-32)23-33(39)27-45(42,26-31-19-11-5-12-20-31)44-25-30-17-9-4-10-18-30/h3-4,6-10,13-18,21-22,28,31,33-34,39H,5,11-12,19-20,23-27H2,1-2H3,(H,37,41)/t33-,34+,45?/m1/s1. The highest BCUT2D eigenvalue weighted by Gasteiger charge is 2.35. The molecule has 3 atom stereocenters. The highest BCUT2D eigenvalue weighted by atomic mass is 31.2. The van der Waals surface area contributed by atoms with E-state index >= 15 is 0 Å². The predicted molar refractivity (Wildman–Crippen MR) is 178 cm³/mol. The van der Waals surface area contributed by atoms with E-state index in [-0.39, 0.29) is 43.7 Å². The summed E-state index contributed by atoms with van der Waals surface area (Å²) in [4.78, 5) is 28.3. The van der Waals surface area contributed by atoms with Crippen molar-refractivity contribution in [3.05, 3.63) is 102 Å².